The molecule has 0 amide bonds. The number of hydrogen-bond acceptors (Lipinski definition) is 2. The highest BCUT2D eigenvalue weighted by atomic mass is 79.9. The Morgan fingerprint density at radius 2 is 1.71 bits per heavy atom. The summed E-state index contributed by atoms with van der Waals surface area (Å²) >= 11 is 3.58. The van der Waals surface area contributed by atoms with Gasteiger partial charge in [0.1, 0.15) is 5.75 Å². The van der Waals surface area contributed by atoms with E-state index in [4.69, 9.17) is 4.74 Å². The number of nitrogens with one attached hydrogen (secondary N) is 1. The molecule has 1 rings (SSSR count). The molecule has 21 heavy (non-hydrogen) atoms. The van der Waals surface area contributed by atoms with Gasteiger partial charge in [-0.1, -0.05) is 36.7 Å². The van der Waals surface area contributed by atoms with Crippen LogP contribution in [0.2, 0.25) is 0 Å². The van der Waals surface area contributed by atoms with Crippen molar-refractivity contribution in [1.29, 1.82) is 0 Å². The average molecular weight is 356 g/mol. The van der Waals surface area contributed by atoms with Gasteiger partial charge < -0.3 is 10.1 Å². The maximum absolute atomic E-state index is 6.10. The molecule has 2 nitrogen and oxygen atoms in total. The predicted octanol–water partition coefficient (Wildman–Crippen LogP) is 5.46. The molecule has 0 aliphatic carbocycles. The van der Waals surface area contributed by atoms with Crippen LogP contribution in [0.4, 0.5) is 0 Å². The highest BCUT2D eigenvalue weighted by Crippen LogP contribution is 2.29. The van der Waals surface area contributed by atoms with Crippen LogP contribution in [-0.4, -0.2) is 12.1 Å². The second-order valence-corrected chi connectivity index (χ2v) is 8.89. The van der Waals surface area contributed by atoms with Crippen LogP contribution in [0.25, 0.3) is 0 Å². The Kier molecular flexibility index (Phi) is 6.30. The normalized spacial score (nSPS) is 12.6. The van der Waals surface area contributed by atoms with Gasteiger partial charge in [0.2, 0.25) is 0 Å². The van der Waals surface area contributed by atoms with Gasteiger partial charge in [0.25, 0.3) is 0 Å². The lowest BCUT2D eigenvalue weighted by atomic mass is 9.93. The minimum absolute atomic E-state index is 0.0961. The van der Waals surface area contributed by atoms with E-state index in [1.807, 2.05) is 0 Å². The van der Waals surface area contributed by atoms with Crippen molar-refractivity contribution in [1.82, 2.24) is 5.32 Å². The van der Waals surface area contributed by atoms with Crippen molar-refractivity contribution in [3.05, 3.63) is 27.7 Å². The van der Waals surface area contributed by atoms with Gasteiger partial charge in [0, 0.05) is 22.1 Å². The summed E-state index contributed by atoms with van der Waals surface area (Å²) < 4.78 is 7.21. The molecule has 0 radical (unpaired) electrons. The molecule has 1 aromatic rings. The minimum atomic E-state index is 0.0961. The first-order valence-electron chi connectivity index (χ1n) is 7.65. The highest BCUT2D eigenvalue weighted by Gasteiger charge is 2.15. The summed E-state index contributed by atoms with van der Waals surface area (Å²) in [5.74, 6) is 1.03. The topological polar surface area (TPSA) is 21.3 Å². The van der Waals surface area contributed by atoms with Crippen molar-refractivity contribution in [3.63, 3.8) is 0 Å². The highest BCUT2D eigenvalue weighted by molar-refractivity contribution is 9.10. The number of halogens is 1. The van der Waals surface area contributed by atoms with E-state index in [9.17, 15) is 0 Å². The van der Waals surface area contributed by atoms with Crippen molar-refractivity contribution < 1.29 is 4.74 Å². The molecule has 0 aliphatic heterocycles. The maximum atomic E-state index is 6.10. The zero-order valence-electron chi connectivity index (χ0n) is 14.6. The lowest BCUT2D eigenvalue weighted by molar-refractivity contribution is 0.239. The van der Waals surface area contributed by atoms with Gasteiger partial charge in [0.15, 0.2) is 0 Å². The van der Waals surface area contributed by atoms with E-state index in [0.717, 1.165) is 29.8 Å². The third-order valence-electron chi connectivity index (χ3n) is 3.22. The quantitative estimate of drug-likeness (QED) is 0.756. The largest absolute Gasteiger partial charge is 0.493 e. The smallest absolute Gasteiger partial charge is 0.126 e. The predicted molar refractivity (Wildman–Crippen MR) is 95.0 cm³/mol. The van der Waals surface area contributed by atoms with E-state index >= 15 is 0 Å². The van der Waals surface area contributed by atoms with Crippen molar-refractivity contribution >= 4 is 15.9 Å². The molecule has 0 atom stereocenters. The number of hydrogen-bond donors (Lipinski definition) is 1. The molecule has 0 spiro atoms. The van der Waals surface area contributed by atoms with Crippen LogP contribution in [0, 0.1) is 12.3 Å². The van der Waals surface area contributed by atoms with Crippen molar-refractivity contribution in [2.45, 2.75) is 67.0 Å². The summed E-state index contributed by atoms with van der Waals surface area (Å²) in [6.07, 6.45) is 1.05. The molecule has 0 saturated heterocycles. The van der Waals surface area contributed by atoms with Gasteiger partial charge in [-0.05, 0) is 57.2 Å². The molecule has 0 fully saturated rings. The average Bonchev–Trinajstić information content (AvgIpc) is 2.26. The Morgan fingerprint density at radius 3 is 2.24 bits per heavy atom. The van der Waals surface area contributed by atoms with Gasteiger partial charge >= 0.3 is 0 Å². The second-order valence-electron chi connectivity index (χ2n) is 7.97. The van der Waals surface area contributed by atoms with Crippen LogP contribution in [-0.2, 0) is 6.54 Å². The molecule has 1 aromatic carbocycles. The fraction of sp³-hybridized carbons (Fsp3) is 0.667. The lowest BCUT2D eigenvalue weighted by Crippen LogP contribution is -2.35. The summed E-state index contributed by atoms with van der Waals surface area (Å²) in [5, 5.41) is 3.54. The molecule has 0 aliphatic rings. The van der Waals surface area contributed by atoms with Gasteiger partial charge in [0.05, 0.1) is 6.61 Å². The van der Waals surface area contributed by atoms with Crippen LogP contribution >= 0.6 is 15.9 Å². The third-order valence-corrected chi connectivity index (χ3v) is 3.68. The van der Waals surface area contributed by atoms with Crippen molar-refractivity contribution in [2.75, 3.05) is 6.61 Å². The Labute approximate surface area is 138 Å². The van der Waals surface area contributed by atoms with Crippen LogP contribution in [0.15, 0.2) is 16.6 Å². The Balaban J connectivity index is 2.85. The molecule has 0 aromatic heterocycles. The van der Waals surface area contributed by atoms with Crippen molar-refractivity contribution in [2.24, 2.45) is 5.41 Å². The maximum Gasteiger partial charge on any atom is 0.126 e. The fourth-order valence-corrected chi connectivity index (χ4v) is 2.58. The lowest BCUT2D eigenvalue weighted by Gasteiger charge is -2.23. The van der Waals surface area contributed by atoms with Crippen LogP contribution in [0.3, 0.4) is 0 Å². The molecule has 120 valence electrons. The first-order chi connectivity index (χ1) is 9.48. The van der Waals surface area contributed by atoms with E-state index in [1.54, 1.807) is 0 Å². The standard InChI is InChI=1S/C18H30BrNO/c1-13-10-15(19)11-14(12-20-18(5,6)7)16(13)21-9-8-17(2,3)4/h10-11,20H,8-9,12H2,1-7H3. The monoisotopic (exact) mass is 355 g/mol. The van der Waals surface area contributed by atoms with Crippen LogP contribution < -0.4 is 10.1 Å². The number of rotatable bonds is 5. The summed E-state index contributed by atoms with van der Waals surface area (Å²) in [7, 11) is 0. The Bertz CT molecular complexity index is 469. The van der Waals surface area contributed by atoms with E-state index in [2.05, 4.69) is 81.8 Å². The third kappa shape index (κ3) is 7.32. The molecule has 1 N–H and O–H groups in total. The van der Waals surface area contributed by atoms with E-state index in [1.165, 1.54) is 11.1 Å². The minimum Gasteiger partial charge on any atom is -0.493 e. The first kappa shape index (κ1) is 18.5. The molecular formula is C18H30BrNO. The second kappa shape index (κ2) is 7.15. The van der Waals surface area contributed by atoms with Gasteiger partial charge in [-0.3, -0.25) is 0 Å². The Hall–Kier alpha value is -0.540. The van der Waals surface area contributed by atoms with E-state index < -0.39 is 0 Å². The zero-order chi connectivity index (χ0) is 16.3. The number of aryl methyl sites for hydroxylation is 1. The van der Waals surface area contributed by atoms with E-state index in [0.29, 0.717) is 5.41 Å². The van der Waals surface area contributed by atoms with E-state index in [-0.39, 0.29) is 5.54 Å². The fourth-order valence-electron chi connectivity index (χ4n) is 1.96. The van der Waals surface area contributed by atoms with Crippen molar-refractivity contribution in [3.8, 4) is 5.75 Å². The molecule has 0 bridgehead atoms. The van der Waals surface area contributed by atoms with Gasteiger partial charge in [-0.15, -0.1) is 0 Å². The summed E-state index contributed by atoms with van der Waals surface area (Å²) in [5.41, 5.74) is 2.79. The summed E-state index contributed by atoms with van der Waals surface area (Å²) in [6.45, 7) is 16.9. The number of benzene rings is 1. The molecule has 0 saturated carbocycles. The molecular weight excluding hydrogens is 326 g/mol. The SMILES string of the molecule is Cc1cc(Br)cc(CNC(C)(C)C)c1OCCC(C)(C)C. The molecule has 0 heterocycles. The van der Waals surface area contributed by atoms with Gasteiger partial charge in [-0.2, -0.15) is 0 Å². The summed E-state index contributed by atoms with van der Waals surface area (Å²) in [4.78, 5) is 0. The Morgan fingerprint density at radius 1 is 1.10 bits per heavy atom. The summed E-state index contributed by atoms with van der Waals surface area (Å²) in [6, 6.07) is 4.27. The molecule has 3 heteroatoms. The first-order valence-corrected chi connectivity index (χ1v) is 8.44. The molecule has 0 unspecified atom stereocenters. The van der Waals surface area contributed by atoms with Crippen LogP contribution in [0.1, 0.15) is 59.1 Å². The zero-order valence-corrected chi connectivity index (χ0v) is 16.1. The van der Waals surface area contributed by atoms with Crippen LogP contribution in [0.5, 0.6) is 5.75 Å². The van der Waals surface area contributed by atoms with Gasteiger partial charge in [-0.25, -0.2) is 0 Å². The number of ether oxygens (including phenoxy) is 1.